The molecular weight excluding hydrogens is 353 g/mol. The SMILES string of the molecule is CCOc1cccc(C(=O)Nc2ccc(I)cc2)c1. The lowest BCUT2D eigenvalue weighted by Crippen LogP contribution is -2.11. The van der Waals surface area contributed by atoms with Crippen LogP contribution in [0.1, 0.15) is 17.3 Å². The van der Waals surface area contributed by atoms with Crippen molar-refractivity contribution in [3.63, 3.8) is 0 Å². The van der Waals surface area contributed by atoms with Gasteiger partial charge in [-0.3, -0.25) is 4.79 Å². The van der Waals surface area contributed by atoms with Crippen molar-refractivity contribution >= 4 is 34.2 Å². The lowest BCUT2D eigenvalue weighted by Gasteiger charge is -2.07. The first kappa shape index (κ1) is 13.9. The van der Waals surface area contributed by atoms with Gasteiger partial charge in [-0.1, -0.05) is 6.07 Å². The van der Waals surface area contributed by atoms with Gasteiger partial charge in [-0.2, -0.15) is 0 Å². The van der Waals surface area contributed by atoms with Gasteiger partial charge < -0.3 is 10.1 Å². The molecule has 19 heavy (non-hydrogen) atoms. The van der Waals surface area contributed by atoms with Crippen LogP contribution in [0.4, 0.5) is 5.69 Å². The Labute approximate surface area is 126 Å². The highest BCUT2D eigenvalue weighted by molar-refractivity contribution is 14.1. The number of hydrogen-bond donors (Lipinski definition) is 1. The van der Waals surface area contributed by atoms with Crippen LogP contribution in [-0.2, 0) is 0 Å². The first-order chi connectivity index (χ1) is 9.19. The summed E-state index contributed by atoms with van der Waals surface area (Å²) in [6, 6.07) is 14.8. The standard InChI is InChI=1S/C15H14INO2/c1-2-19-14-5-3-4-11(10-14)15(18)17-13-8-6-12(16)7-9-13/h3-10H,2H2,1H3,(H,17,18). The molecule has 2 aromatic carbocycles. The van der Waals surface area contributed by atoms with Gasteiger partial charge >= 0.3 is 0 Å². The summed E-state index contributed by atoms with van der Waals surface area (Å²) in [4.78, 5) is 12.1. The average molecular weight is 367 g/mol. The Balaban J connectivity index is 2.11. The number of halogens is 1. The Bertz CT molecular complexity index is 567. The molecule has 0 heterocycles. The molecule has 1 N–H and O–H groups in total. The smallest absolute Gasteiger partial charge is 0.255 e. The van der Waals surface area contributed by atoms with E-state index in [4.69, 9.17) is 4.74 Å². The molecule has 0 aliphatic heterocycles. The molecular formula is C15H14INO2. The number of carbonyl (C=O) groups is 1. The van der Waals surface area contributed by atoms with E-state index < -0.39 is 0 Å². The summed E-state index contributed by atoms with van der Waals surface area (Å²) >= 11 is 2.23. The molecule has 2 aromatic rings. The zero-order valence-corrected chi connectivity index (χ0v) is 12.7. The second kappa shape index (κ2) is 6.56. The van der Waals surface area contributed by atoms with Gasteiger partial charge in [-0.05, 0) is 72.0 Å². The van der Waals surface area contributed by atoms with Crippen molar-refractivity contribution in [1.29, 1.82) is 0 Å². The molecule has 0 aromatic heterocycles. The van der Waals surface area contributed by atoms with Crippen LogP contribution in [0.5, 0.6) is 5.75 Å². The van der Waals surface area contributed by atoms with E-state index in [-0.39, 0.29) is 5.91 Å². The monoisotopic (exact) mass is 367 g/mol. The molecule has 0 atom stereocenters. The van der Waals surface area contributed by atoms with Crippen LogP contribution in [0.15, 0.2) is 48.5 Å². The molecule has 98 valence electrons. The number of ether oxygens (including phenoxy) is 1. The quantitative estimate of drug-likeness (QED) is 0.832. The zero-order valence-electron chi connectivity index (χ0n) is 10.5. The van der Waals surface area contributed by atoms with E-state index in [0.29, 0.717) is 17.9 Å². The number of carbonyl (C=O) groups excluding carboxylic acids is 1. The summed E-state index contributed by atoms with van der Waals surface area (Å²) in [7, 11) is 0. The Hall–Kier alpha value is -1.56. The van der Waals surface area contributed by atoms with E-state index >= 15 is 0 Å². The summed E-state index contributed by atoms with van der Waals surface area (Å²) < 4.78 is 6.51. The van der Waals surface area contributed by atoms with Crippen molar-refractivity contribution in [3.05, 3.63) is 57.7 Å². The molecule has 0 aliphatic rings. The molecule has 0 unspecified atom stereocenters. The summed E-state index contributed by atoms with van der Waals surface area (Å²) in [5.74, 6) is 0.570. The van der Waals surface area contributed by atoms with E-state index in [1.807, 2.05) is 43.3 Å². The van der Waals surface area contributed by atoms with E-state index in [9.17, 15) is 4.79 Å². The predicted octanol–water partition coefficient (Wildman–Crippen LogP) is 3.94. The molecule has 0 aliphatic carbocycles. The summed E-state index contributed by atoms with van der Waals surface area (Å²) in [5.41, 5.74) is 1.37. The molecule has 0 saturated carbocycles. The van der Waals surface area contributed by atoms with Gasteiger partial charge in [-0.15, -0.1) is 0 Å². The molecule has 2 rings (SSSR count). The van der Waals surface area contributed by atoms with Crippen LogP contribution >= 0.6 is 22.6 Å². The molecule has 0 radical (unpaired) electrons. The van der Waals surface area contributed by atoms with Gasteiger partial charge in [0.25, 0.3) is 5.91 Å². The number of anilines is 1. The number of nitrogens with one attached hydrogen (secondary N) is 1. The Morgan fingerprint density at radius 2 is 1.95 bits per heavy atom. The van der Waals surface area contributed by atoms with Gasteiger partial charge in [-0.25, -0.2) is 0 Å². The minimum atomic E-state index is -0.136. The van der Waals surface area contributed by atoms with Crippen LogP contribution in [-0.4, -0.2) is 12.5 Å². The van der Waals surface area contributed by atoms with Crippen molar-refractivity contribution < 1.29 is 9.53 Å². The van der Waals surface area contributed by atoms with Crippen LogP contribution < -0.4 is 10.1 Å². The second-order valence-corrected chi connectivity index (χ2v) is 5.17. The van der Waals surface area contributed by atoms with Crippen molar-refractivity contribution in [2.75, 3.05) is 11.9 Å². The van der Waals surface area contributed by atoms with Gasteiger partial charge in [0.2, 0.25) is 0 Å². The molecule has 1 amide bonds. The zero-order chi connectivity index (χ0) is 13.7. The minimum Gasteiger partial charge on any atom is -0.494 e. The van der Waals surface area contributed by atoms with E-state index in [0.717, 1.165) is 9.26 Å². The summed E-state index contributed by atoms with van der Waals surface area (Å²) in [6.45, 7) is 2.50. The fourth-order valence-electron chi connectivity index (χ4n) is 1.63. The van der Waals surface area contributed by atoms with Crippen molar-refractivity contribution in [1.82, 2.24) is 0 Å². The van der Waals surface area contributed by atoms with Crippen molar-refractivity contribution in [2.24, 2.45) is 0 Å². The highest BCUT2D eigenvalue weighted by atomic mass is 127. The lowest BCUT2D eigenvalue weighted by atomic mass is 10.2. The second-order valence-electron chi connectivity index (χ2n) is 3.92. The molecule has 0 spiro atoms. The van der Waals surface area contributed by atoms with Crippen LogP contribution in [0, 0.1) is 3.57 Å². The largest absolute Gasteiger partial charge is 0.494 e. The summed E-state index contributed by atoms with van der Waals surface area (Å²) in [6.07, 6.45) is 0. The number of benzene rings is 2. The van der Waals surface area contributed by atoms with Crippen molar-refractivity contribution in [2.45, 2.75) is 6.92 Å². The third kappa shape index (κ3) is 3.96. The van der Waals surface area contributed by atoms with E-state index in [2.05, 4.69) is 27.9 Å². The fraction of sp³-hybridized carbons (Fsp3) is 0.133. The minimum absolute atomic E-state index is 0.136. The highest BCUT2D eigenvalue weighted by Gasteiger charge is 2.07. The normalized spacial score (nSPS) is 10.0. The number of hydrogen-bond acceptors (Lipinski definition) is 2. The van der Waals surface area contributed by atoms with Gasteiger partial charge in [0.15, 0.2) is 0 Å². The Kier molecular flexibility index (Phi) is 4.79. The maximum absolute atomic E-state index is 12.1. The average Bonchev–Trinajstić information content (AvgIpc) is 2.42. The Morgan fingerprint density at radius 3 is 2.63 bits per heavy atom. The Morgan fingerprint density at radius 1 is 1.21 bits per heavy atom. The first-order valence-electron chi connectivity index (χ1n) is 5.99. The molecule has 3 nitrogen and oxygen atoms in total. The van der Waals surface area contributed by atoms with Gasteiger partial charge in [0.1, 0.15) is 5.75 Å². The lowest BCUT2D eigenvalue weighted by molar-refractivity contribution is 0.102. The van der Waals surface area contributed by atoms with E-state index in [1.165, 1.54) is 0 Å². The third-order valence-corrected chi connectivity index (χ3v) is 3.23. The molecule has 4 heteroatoms. The molecule has 0 saturated heterocycles. The summed E-state index contributed by atoms with van der Waals surface area (Å²) in [5, 5.41) is 2.86. The van der Waals surface area contributed by atoms with E-state index in [1.54, 1.807) is 12.1 Å². The highest BCUT2D eigenvalue weighted by Crippen LogP contribution is 2.16. The van der Waals surface area contributed by atoms with Gasteiger partial charge in [0, 0.05) is 14.8 Å². The molecule has 0 bridgehead atoms. The fourth-order valence-corrected chi connectivity index (χ4v) is 1.99. The molecule has 0 fully saturated rings. The van der Waals surface area contributed by atoms with Crippen LogP contribution in [0.25, 0.3) is 0 Å². The maximum atomic E-state index is 12.1. The van der Waals surface area contributed by atoms with Gasteiger partial charge in [0.05, 0.1) is 6.61 Å². The van der Waals surface area contributed by atoms with Crippen LogP contribution in [0.3, 0.4) is 0 Å². The first-order valence-corrected chi connectivity index (χ1v) is 7.06. The number of rotatable bonds is 4. The predicted molar refractivity (Wildman–Crippen MR) is 84.7 cm³/mol. The third-order valence-electron chi connectivity index (χ3n) is 2.51. The van der Waals surface area contributed by atoms with Crippen molar-refractivity contribution in [3.8, 4) is 5.75 Å². The maximum Gasteiger partial charge on any atom is 0.255 e. The number of amides is 1. The van der Waals surface area contributed by atoms with Crippen LogP contribution in [0.2, 0.25) is 0 Å². The topological polar surface area (TPSA) is 38.3 Å².